The summed E-state index contributed by atoms with van der Waals surface area (Å²) in [5.41, 5.74) is 0. The second-order valence-corrected chi connectivity index (χ2v) is 4.69. The predicted octanol–water partition coefficient (Wildman–Crippen LogP) is 0.906. The molecule has 0 aromatic carbocycles. The molecule has 0 aliphatic carbocycles. The first kappa shape index (κ1) is 12.9. The number of hydrogen-bond donors (Lipinski definition) is 2. The molecule has 1 rings (SSSR count). The van der Waals surface area contributed by atoms with Crippen LogP contribution in [-0.4, -0.2) is 40.9 Å². The van der Waals surface area contributed by atoms with Crippen LogP contribution in [0.4, 0.5) is 0 Å². The minimum atomic E-state index is -0.679. The van der Waals surface area contributed by atoms with Gasteiger partial charge in [-0.25, -0.2) is 0 Å². The van der Waals surface area contributed by atoms with Crippen molar-refractivity contribution in [1.29, 1.82) is 0 Å². The maximum atomic E-state index is 9.99. The molecule has 0 saturated carbocycles. The molecule has 2 N–H and O–H groups in total. The summed E-state index contributed by atoms with van der Waals surface area (Å²) in [4.78, 5) is 0. The van der Waals surface area contributed by atoms with Crippen molar-refractivity contribution in [2.24, 2.45) is 5.92 Å². The van der Waals surface area contributed by atoms with Crippen molar-refractivity contribution in [3.8, 4) is 0 Å². The Morgan fingerprint density at radius 3 is 2.40 bits per heavy atom. The Morgan fingerprint density at radius 1 is 1.40 bits per heavy atom. The van der Waals surface area contributed by atoms with Crippen LogP contribution in [0.15, 0.2) is 0 Å². The van der Waals surface area contributed by atoms with Crippen molar-refractivity contribution in [2.75, 3.05) is 6.61 Å². The van der Waals surface area contributed by atoms with E-state index in [1.54, 1.807) is 0 Å². The molecule has 4 nitrogen and oxygen atoms in total. The van der Waals surface area contributed by atoms with E-state index >= 15 is 0 Å². The molecular formula is C11H22O4. The zero-order chi connectivity index (χ0) is 11.6. The zero-order valence-corrected chi connectivity index (χ0v) is 9.93. The third-order valence-corrected chi connectivity index (χ3v) is 2.98. The Labute approximate surface area is 91.2 Å². The van der Waals surface area contributed by atoms with E-state index in [0.29, 0.717) is 13.0 Å². The molecule has 4 atom stereocenters. The van der Waals surface area contributed by atoms with Crippen molar-refractivity contribution in [2.45, 2.75) is 58.2 Å². The average Bonchev–Trinajstić information content (AvgIpc) is 2.55. The summed E-state index contributed by atoms with van der Waals surface area (Å²) in [6.45, 7) is 7.74. The van der Waals surface area contributed by atoms with Gasteiger partial charge in [-0.1, -0.05) is 13.8 Å². The summed E-state index contributed by atoms with van der Waals surface area (Å²) < 4.78 is 10.9. The Morgan fingerprint density at radius 2 is 2.00 bits per heavy atom. The molecule has 0 amide bonds. The standard InChI is InChI=1S/C11H22O4/c1-5-8(12)7(2)10(13)9-6-14-11(3,4)15-9/h7-10,12-13H,5-6H2,1-4H3/t7-,8-,9-,10+/m1/s1. The largest absolute Gasteiger partial charge is 0.393 e. The van der Waals surface area contributed by atoms with Crippen LogP contribution in [0.1, 0.15) is 34.1 Å². The third kappa shape index (κ3) is 3.14. The first-order valence-corrected chi connectivity index (χ1v) is 5.55. The molecule has 1 heterocycles. The maximum absolute atomic E-state index is 9.99. The Balaban J connectivity index is 2.51. The van der Waals surface area contributed by atoms with Gasteiger partial charge in [0.05, 0.1) is 18.8 Å². The molecule has 1 saturated heterocycles. The van der Waals surface area contributed by atoms with Gasteiger partial charge in [0.2, 0.25) is 0 Å². The summed E-state index contributed by atoms with van der Waals surface area (Å²) in [5, 5.41) is 19.6. The molecule has 15 heavy (non-hydrogen) atoms. The van der Waals surface area contributed by atoms with E-state index in [9.17, 15) is 10.2 Å². The number of aliphatic hydroxyl groups is 2. The van der Waals surface area contributed by atoms with Crippen LogP contribution >= 0.6 is 0 Å². The Kier molecular flexibility index (Phi) is 4.12. The fraction of sp³-hybridized carbons (Fsp3) is 1.00. The zero-order valence-electron chi connectivity index (χ0n) is 9.93. The lowest BCUT2D eigenvalue weighted by atomic mass is 9.93. The van der Waals surface area contributed by atoms with Crippen LogP contribution in [-0.2, 0) is 9.47 Å². The van der Waals surface area contributed by atoms with Gasteiger partial charge >= 0.3 is 0 Å². The molecule has 0 aromatic rings. The highest BCUT2D eigenvalue weighted by Crippen LogP contribution is 2.27. The van der Waals surface area contributed by atoms with Crippen LogP contribution in [0.5, 0.6) is 0 Å². The first-order chi connectivity index (χ1) is 6.87. The lowest BCUT2D eigenvalue weighted by Crippen LogP contribution is -2.40. The highest BCUT2D eigenvalue weighted by molar-refractivity contribution is 4.83. The van der Waals surface area contributed by atoms with Crippen molar-refractivity contribution < 1.29 is 19.7 Å². The molecule has 1 aliphatic heterocycles. The summed E-state index contributed by atoms with van der Waals surface area (Å²) in [7, 11) is 0. The van der Waals surface area contributed by atoms with Crippen LogP contribution in [0, 0.1) is 5.92 Å². The van der Waals surface area contributed by atoms with Gasteiger partial charge < -0.3 is 19.7 Å². The lowest BCUT2D eigenvalue weighted by Gasteiger charge is -2.27. The molecule has 0 aromatic heterocycles. The fourth-order valence-electron chi connectivity index (χ4n) is 1.82. The second kappa shape index (κ2) is 4.78. The minimum Gasteiger partial charge on any atom is -0.393 e. The number of ether oxygens (including phenoxy) is 2. The first-order valence-electron chi connectivity index (χ1n) is 5.55. The number of aliphatic hydroxyl groups excluding tert-OH is 2. The lowest BCUT2D eigenvalue weighted by molar-refractivity contribution is -0.158. The molecule has 1 fully saturated rings. The molecule has 90 valence electrons. The third-order valence-electron chi connectivity index (χ3n) is 2.98. The summed E-state index contributed by atoms with van der Waals surface area (Å²) in [6, 6.07) is 0. The van der Waals surface area contributed by atoms with Gasteiger partial charge in [0.25, 0.3) is 0 Å². The van der Waals surface area contributed by atoms with E-state index in [0.717, 1.165) is 0 Å². The molecule has 0 unspecified atom stereocenters. The molecule has 1 aliphatic rings. The summed E-state index contributed by atoms with van der Waals surface area (Å²) in [5.74, 6) is -0.819. The van der Waals surface area contributed by atoms with E-state index < -0.39 is 18.0 Å². The smallest absolute Gasteiger partial charge is 0.163 e. The quantitative estimate of drug-likeness (QED) is 0.736. The minimum absolute atomic E-state index is 0.197. The second-order valence-electron chi connectivity index (χ2n) is 4.69. The van der Waals surface area contributed by atoms with E-state index in [1.165, 1.54) is 0 Å². The van der Waals surface area contributed by atoms with Crippen molar-refractivity contribution >= 4 is 0 Å². The molecule has 0 radical (unpaired) electrons. The highest BCUT2D eigenvalue weighted by atomic mass is 16.7. The molecule has 0 spiro atoms. The van der Waals surface area contributed by atoms with Crippen LogP contribution in [0.3, 0.4) is 0 Å². The fourth-order valence-corrected chi connectivity index (χ4v) is 1.82. The maximum Gasteiger partial charge on any atom is 0.163 e. The van der Waals surface area contributed by atoms with Crippen LogP contribution in [0.25, 0.3) is 0 Å². The van der Waals surface area contributed by atoms with Crippen molar-refractivity contribution in [1.82, 2.24) is 0 Å². The number of hydrogen-bond acceptors (Lipinski definition) is 4. The van der Waals surface area contributed by atoms with E-state index in [2.05, 4.69) is 0 Å². The van der Waals surface area contributed by atoms with Gasteiger partial charge in [-0.3, -0.25) is 0 Å². The van der Waals surface area contributed by atoms with Gasteiger partial charge in [-0.2, -0.15) is 0 Å². The van der Waals surface area contributed by atoms with Crippen LogP contribution < -0.4 is 0 Å². The van der Waals surface area contributed by atoms with Gasteiger partial charge in [0, 0.05) is 5.92 Å². The Bertz CT molecular complexity index is 205. The van der Waals surface area contributed by atoms with Gasteiger partial charge in [-0.05, 0) is 20.3 Å². The van der Waals surface area contributed by atoms with Crippen LogP contribution in [0.2, 0.25) is 0 Å². The van der Waals surface area contributed by atoms with Crippen molar-refractivity contribution in [3.63, 3.8) is 0 Å². The predicted molar refractivity (Wildman–Crippen MR) is 56.4 cm³/mol. The molecular weight excluding hydrogens is 196 g/mol. The molecule has 4 heteroatoms. The van der Waals surface area contributed by atoms with Gasteiger partial charge in [0.15, 0.2) is 5.79 Å². The van der Waals surface area contributed by atoms with E-state index in [4.69, 9.17) is 9.47 Å². The monoisotopic (exact) mass is 218 g/mol. The van der Waals surface area contributed by atoms with Gasteiger partial charge in [-0.15, -0.1) is 0 Å². The highest BCUT2D eigenvalue weighted by Gasteiger charge is 2.39. The van der Waals surface area contributed by atoms with Gasteiger partial charge in [0.1, 0.15) is 6.10 Å². The normalized spacial score (nSPS) is 31.2. The van der Waals surface area contributed by atoms with Crippen molar-refractivity contribution in [3.05, 3.63) is 0 Å². The SMILES string of the molecule is CC[C@@H](O)[C@@H](C)[C@H](O)[C@H]1COC(C)(C)O1. The molecule has 0 bridgehead atoms. The summed E-state index contributed by atoms with van der Waals surface area (Å²) >= 11 is 0. The van der Waals surface area contributed by atoms with E-state index in [1.807, 2.05) is 27.7 Å². The van der Waals surface area contributed by atoms with E-state index in [-0.39, 0.29) is 12.0 Å². The topological polar surface area (TPSA) is 58.9 Å². The average molecular weight is 218 g/mol. The summed E-state index contributed by atoms with van der Waals surface area (Å²) in [6.07, 6.45) is -0.875. The number of rotatable bonds is 4. The Hall–Kier alpha value is -0.160.